The first kappa shape index (κ1) is 14.9. The maximum Gasteiger partial charge on any atom is 0.120 e. The highest BCUT2D eigenvalue weighted by Gasteiger charge is 2.28. The van der Waals surface area contributed by atoms with Crippen molar-refractivity contribution < 1.29 is 9.84 Å². The van der Waals surface area contributed by atoms with Gasteiger partial charge < -0.3 is 9.84 Å². The van der Waals surface area contributed by atoms with Crippen LogP contribution in [0.5, 0.6) is 5.75 Å². The molecule has 0 radical (unpaired) electrons. The zero-order valence-corrected chi connectivity index (χ0v) is 13.1. The Kier molecular flexibility index (Phi) is 4.84. The fourth-order valence-corrected chi connectivity index (χ4v) is 3.62. The topological polar surface area (TPSA) is 29.5 Å². The average Bonchev–Trinajstić information content (AvgIpc) is 3.32. The van der Waals surface area contributed by atoms with Gasteiger partial charge in [0.1, 0.15) is 5.75 Å². The molecule has 0 amide bonds. The normalized spacial score (nSPS) is 27.3. The lowest BCUT2D eigenvalue weighted by Crippen LogP contribution is -2.20. The number of benzene rings is 1. The molecular formula is C19H28O2. The Morgan fingerprint density at radius 1 is 1.14 bits per heavy atom. The van der Waals surface area contributed by atoms with Crippen LogP contribution in [0.15, 0.2) is 24.3 Å². The average molecular weight is 288 g/mol. The molecule has 2 fully saturated rings. The number of hydrogen-bond donors (Lipinski definition) is 1. The number of aliphatic hydroxyl groups is 1. The van der Waals surface area contributed by atoms with Crippen LogP contribution in [0, 0.1) is 11.8 Å². The molecule has 1 aromatic carbocycles. The molecule has 0 aromatic heterocycles. The molecule has 116 valence electrons. The van der Waals surface area contributed by atoms with Gasteiger partial charge in [0.05, 0.1) is 12.2 Å². The summed E-state index contributed by atoms with van der Waals surface area (Å²) in [7, 11) is 0. The number of hydrogen-bond acceptors (Lipinski definition) is 2. The molecule has 0 saturated heterocycles. The standard InChI is InChI=1S/C19H28O2/c1-2-4-14-7-9-15(10-8-14)19(20)16-5-3-6-18(13-16)21-17-11-12-17/h3,5-6,13-15,17,19-20H,2,4,7-12H2,1H3. The lowest BCUT2D eigenvalue weighted by molar-refractivity contribution is 0.0720. The van der Waals surface area contributed by atoms with E-state index in [1.54, 1.807) is 0 Å². The second kappa shape index (κ2) is 6.83. The number of aliphatic hydroxyl groups excluding tert-OH is 1. The fraction of sp³-hybridized carbons (Fsp3) is 0.684. The molecule has 0 aliphatic heterocycles. The van der Waals surface area contributed by atoms with Gasteiger partial charge in [0, 0.05) is 0 Å². The van der Waals surface area contributed by atoms with Crippen molar-refractivity contribution in [2.45, 2.75) is 70.5 Å². The quantitative estimate of drug-likeness (QED) is 0.809. The third-order valence-corrected chi connectivity index (χ3v) is 5.06. The molecule has 2 saturated carbocycles. The van der Waals surface area contributed by atoms with Crippen molar-refractivity contribution in [3.05, 3.63) is 29.8 Å². The van der Waals surface area contributed by atoms with Crippen molar-refractivity contribution in [1.82, 2.24) is 0 Å². The van der Waals surface area contributed by atoms with Gasteiger partial charge in [-0.05, 0) is 55.2 Å². The zero-order valence-electron chi connectivity index (χ0n) is 13.1. The van der Waals surface area contributed by atoms with Gasteiger partial charge in [0.15, 0.2) is 0 Å². The minimum Gasteiger partial charge on any atom is -0.490 e. The van der Waals surface area contributed by atoms with Gasteiger partial charge in [-0.2, -0.15) is 0 Å². The summed E-state index contributed by atoms with van der Waals surface area (Å²) in [6, 6.07) is 8.11. The molecule has 0 heterocycles. The summed E-state index contributed by atoms with van der Waals surface area (Å²) in [5.74, 6) is 2.24. The van der Waals surface area contributed by atoms with Gasteiger partial charge in [-0.3, -0.25) is 0 Å². The van der Waals surface area contributed by atoms with E-state index < -0.39 is 0 Å². The first-order chi connectivity index (χ1) is 10.3. The molecule has 3 rings (SSSR count). The largest absolute Gasteiger partial charge is 0.490 e. The Morgan fingerprint density at radius 3 is 2.57 bits per heavy atom. The van der Waals surface area contributed by atoms with Crippen molar-refractivity contribution in [3.63, 3.8) is 0 Å². The summed E-state index contributed by atoms with van der Waals surface area (Å²) in [5.41, 5.74) is 1.03. The maximum absolute atomic E-state index is 10.7. The second-order valence-corrected chi connectivity index (χ2v) is 6.90. The minimum absolute atomic E-state index is 0.324. The Balaban J connectivity index is 1.58. The number of rotatable bonds is 6. The van der Waals surface area contributed by atoms with Crippen LogP contribution in [0.4, 0.5) is 0 Å². The third kappa shape index (κ3) is 4.00. The van der Waals surface area contributed by atoms with E-state index in [9.17, 15) is 5.11 Å². The van der Waals surface area contributed by atoms with Crippen LogP contribution in [0.3, 0.4) is 0 Å². The molecule has 21 heavy (non-hydrogen) atoms. The summed E-state index contributed by atoms with van der Waals surface area (Å²) in [6.45, 7) is 2.27. The Bertz CT molecular complexity index is 445. The molecule has 1 unspecified atom stereocenters. The van der Waals surface area contributed by atoms with E-state index in [2.05, 4.69) is 6.92 Å². The van der Waals surface area contributed by atoms with Gasteiger partial charge in [0.25, 0.3) is 0 Å². The molecule has 2 aliphatic carbocycles. The van der Waals surface area contributed by atoms with Crippen LogP contribution in [-0.2, 0) is 0 Å². The molecule has 2 nitrogen and oxygen atoms in total. The number of ether oxygens (including phenoxy) is 1. The fourth-order valence-electron chi connectivity index (χ4n) is 3.62. The molecule has 2 heteroatoms. The molecule has 1 aromatic rings. The summed E-state index contributed by atoms with van der Waals surface area (Å²) in [4.78, 5) is 0. The van der Waals surface area contributed by atoms with Crippen molar-refractivity contribution in [2.24, 2.45) is 11.8 Å². The van der Waals surface area contributed by atoms with Crippen LogP contribution in [0.25, 0.3) is 0 Å². The summed E-state index contributed by atoms with van der Waals surface area (Å²) < 4.78 is 5.84. The van der Waals surface area contributed by atoms with Crippen LogP contribution < -0.4 is 4.74 Å². The summed E-state index contributed by atoms with van der Waals surface area (Å²) >= 11 is 0. The van der Waals surface area contributed by atoms with E-state index >= 15 is 0 Å². The molecular weight excluding hydrogens is 260 g/mol. The highest BCUT2D eigenvalue weighted by Crippen LogP contribution is 2.39. The van der Waals surface area contributed by atoms with E-state index in [0.29, 0.717) is 12.0 Å². The SMILES string of the molecule is CCCC1CCC(C(O)c2cccc(OC3CC3)c2)CC1. The minimum atomic E-state index is -0.324. The molecule has 1 N–H and O–H groups in total. The lowest BCUT2D eigenvalue weighted by Gasteiger charge is -2.31. The van der Waals surface area contributed by atoms with E-state index in [-0.39, 0.29) is 6.10 Å². The van der Waals surface area contributed by atoms with Crippen molar-refractivity contribution >= 4 is 0 Å². The van der Waals surface area contributed by atoms with Gasteiger partial charge in [0.2, 0.25) is 0 Å². The Morgan fingerprint density at radius 2 is 1.90 bits per heavy atom. The lowest BCUT2D eigenvalue weighted by atomic mass is 9.76. The van der Waals surface area contributed by atoms with E-state index in [4.69, 9.17) is 4.74 Å². The summed E-state index contributed by atoms with van der Waals surface area (Å²) in [5, 5.41) is 10.7. The molecule has 0 bridgehead atoms. The van der Waals surface area contributed by atoms with Gasteiger partial charge in [-0.25, -0.2) is 0 Å². The second-order valence-electron chi connectivity index (χ2n) is 6.90. The monoisotopic (exact) mass is 288 g/mol. The van der Waals surface area contributed by atoms with E-state index in [0.717, 1.165) is 17.2 Å². The van der Waals surface area contributed by atoms with Crippen molar-refractivity contribution in [1.29, 1.82) is 0 Å². The predicted octanol–water partition coefficient (Wildman–Crippen LogP) is 4.87. The molecule has 2 aliphatic rings. The predicted molar refractivity (Wildman–Crippen MR) is 85.4 cm³/mol. The van der Waals surface area contributed by atoms with Crippen molar-refractivity contribution in [2.75, 3.05) is 0 Å². The molecule has 0 spiro atoms. The molecule has 1 atom stereocenters. The smallest absolute Gasteiger partial charge is 0.120 e. The van der Waals surface area contributed by atoms with Crippen LogP contribution in [-0.4, -0.2) is 11.2 Å². The Labute approximate surface area is 128 Å². The highest BCUT2D eigenvalue weighted by molar-refractivity contribution is 5.30. The third-order valence-electron chi connectivity index (χ3n) is 5.06. The van der Waals surface area contributed by atoms with Crippen molar-refractivity contribution in [3.8, 4) is 5.75 Å². The summed E-state index contributed by atoms with van der Waals surface area (Å²) in [6.07, 6.45) is 9.99. The van der Waals surface area contributed by atoms with E-state index in [1.165, 1.54) is 51.4 Å². The van der Waals surface area contributed by atoms with E-state index in [1.807, 2.05) is 24.3 Å². The highest BCUT2D eigenvalue weighted by atomic mass is 16.5. The van der Waals surface area contributed by atoms with Crippen LogP contribution in [0.2, 0.25) is 0 Å². The van der Waals surface area contributed by atoms with Gasteiger partial charge in [-0.15, -0.1) is 0 Å². The maximum atomic E-state index is 10.7. The first-order valence-corrected chi connectivity index (χ1v) is 8.71. The Hall–Kier alpha value is -1.02. The van der Waals surface area contributed by atoms with Crippen LogP contribution >= 0.6 is 0 Å². The first-order valence-electron chi connectivity index (χ1n) is 8.71. The zero-order chi connectivity index (χ0) is 14.7. The van der Waals surface area contributed by atoms with Gasteiger partial charge >= 0.3 is 0 Å². The van der Waals surface area contributed by atoms with Gasteiger partial charge in [-0.1, -0.05) is 44.7 Å². The van der Waals surface area contributed by atoms with Crippen LogP contribution in [0.1, 0.15) is 70.0 Å².